The molecule has 4 heteroatoms. The molecule has 3 nitrogen and oxygen atoms in total. The molecule has 0 aliphatic heterocycles. The second-order valence-electron chi connectivity index (χ2n) is 3.88. The van der Waals surface area contributed by atoms with E-state index in [1.807, 2.05) is 0 Å². The summed E-state index contributed by atoms with van der Waals surface area (Å²) >= 11 is 0. The number of halogens is 1. The molecule has 0 saturated carbocycles. The van der Waals surface area contributed by atoms with Crippen LogP contribution in [0, 0.1) is 12.7 Å². The third-order valence-corrected chi connectivity index (χ3v) is 2.67. The van der Waals surface area contributed by atoms with Crippen LogP contribution < -0.4 is 5.32 Å². The molecule has 2 aromatic rings. The predicted molar refractivity (Wildman–Crippen MR) is 67.2 cm³/mol. The molecular weight excluding hydrogens is 233 g/mol. The van der Waals surface area contributed by atoms with E-state index in [2.05, 4.69) is 5.32 Å². The minimum atomic E-state index is -0.497. The third kappa shape index (κ3) is 2.32. The smallest absolute Gasteiger partial charge is 0.256 e. The summed E-state index contributed by atoms with van der Waals surface area (Å²) in [5, 5.41) is 12.0. The third-order valence-electron chi connectivity index (χ3n) is 2.67. The number of phenols is 1. The lowest BCUT2D eigenvalue weighted by molar-refractivity contribution is 0.102. The van der Waals surface area contributed by atoms with Crippen LogP contribution in [0.5, 0.6) is 5.75 Å². The van der Waals surface area contributed by atoms with Crippen LogP contribution in [0.3, 0.4) is 0 Å². The number of phenolic OH excluding ortho intramolecular Hbond substituents is 1. The van der Waals surface area contributed by atoms with Gasteiger partial charge < -0.3 is 10.4 Å². The highest BCUT2D eigenvalue weighted by Gasteiger charge is 2.12. The van der Waals surface area contributed by atoms with Gasteiger partial charge in [0.25, 0.3) is 5.91 Å². The van der Waals surface area contributed by atoms with Crippen molar-refractivity contribution in [2.75, 3.05) is 5.32 Å². The van der Waals surface area contributed by atoms with Gasteiger partial charge in [0.1, 0.15) is 11.6 Å². The summed E-state index contributed by atoms with van der Waals surface area (Å²) in [5.41, 5.74) is 0.898. The normalized spacial score (nSPS) is 10.1. The molecule has 2 N–H and O–H groups in total. The van der Waals surface area contributed by atoms with Gasteiger partial charge in [-0.15, -0.1) is 0 Å². The maximum Gasteiger partial charge on any atom is 0.256 e. The molecule has 2 aromatic carbocycles. The molecule has 18 heavy (non-hydrogen) atoms. The fourth-order valence-electron chi connectivity index (χ4n) is 1.62. The zero-order valence-electron chi connectivity index (χ0n) is 9.77. The van der Waals surface area contributed by atoms with Gasteiger partial charge in [-0.05, 0) is 31.2 Å². The number of benzene rings is 2. The molecule has 0 heterocycles. The van der Waals surface area contributed by atoms with E-state index in [9.17, 15) is 14.3 Å². The van der Waals surface area contributed by atoms with E-state index < -0.39 is 11.7 Å². The van der Waals surface area contributed by atoms with Crippen molar-refractivity contribution in [1.29, 1.82) is 0 Å². The van der Waals surface area contributed by atoms with E-state index in [1.54, 1.807) is 31.2 Å². The van der Waals surface area contributed by atoms with Gasteiger partial charge in [-0.2, -0.15) is 0 Å². The SMILES string of the molecule is Cc1c(O)cccc1C(=O)Nc1ccccc1F. The molecule has 0 unspecified atom stereocenters. The molecule has 0 aromatic heterocycles. The monoisotopic (exact) mass is 245 g/mol. The summed E-state index contributed by atoms with van der Waals surface area (Å²) in [6.07, 6.45) is 0. The Morgan fingerprint density at radius 1 is 1.17 bits per heavy atom. The van der Waals surface area contributed by atoms with Crippen LogP contribution in [-0.4, -0.2) is 11.0 Å². The number of para-hydroxylation sites is 1. The van der Waals surface area contributed by atoms with Crippen LogP contribution in [0.15, 0.2) is 42.5 Å². The molecule has 0 radical (unpaired) electrons. The Hall–Kier alpha value is -2.36. The van der Waals surface area contributed by atoms with E-state index in [4.69, 9.17) is 0 Å². The summed E-state index contributed by atoms with van der Waals surface area (Å²) in [6.45, 7) is 1.63. The number of carbonyl (C=O) groups is 1. The molecule has 0 fully saturated rings. The molecule has 0 bridgehead atoms. The second kappa shape index (κ2) is 4.87. The first-order valence-electron chi connectivity index (χ1n) is 5.44. The molecule has 0 aliphatic rings. The first kappa shape index (κ1) is 12.1. The highest BCUT2D eigenvalue weighted by molar-refractivity contribution is 6.05. The highest BCUT2D eigenvalue weighted by atomic mass is 19.1. The Kier molecular flexibility index (Phi) is 3.28. The lowest BCUT2D eigenvalue weighted by Crippen LogP contribution is -2.14. The van der Waals surface area contributed by atoms with Crippen LogP contribution in [0.1, 0.15) is 15.9 Å². The summed E-state index contributed by atoms with van der Waals surface area (Å²) < 4.78 is 13.4. The lowest BCUT2D eigenvalue weighted by Gasteiger charge is -2.09. The van der Waals surface area contributed by atoms with E-state index in [-0.39, 0.29) is 11.4 Å². The number of hydrogen-bond acceptors (Lipinski definition) is 2. The number of carbonyl (C=O) groups excluding carboxylic acids is 1. The Labute approximate surface area is 104 Å². The largest absolute Gasteiger partial charge is 0.508 e. The van der Waals surface area contributed by atoms with Crippen LogP contribution >= 0.6 is 0 Å². The Balaban J connectivity index is 2.28. The van der Waals surface area contributed by atoms with Crippen molar-refractivity contribution < 1.29 is 14.3 Å². The molecule has 0 atom stereocenters. The Morgan fingerprint density at radius 3 is 2.61 bits per heavy atom. The topological polar surface area (TPSA) is 49.3 Å². The van der Waals surface area contributed by atoms with Crippen LogP contribution in [0.25, 0.3) is 0 Å². The average molecular weight is 245 g/mol. The number of anilines is 1. The molecule has 2 rings (SSSR count). The minimum absolute atomic E-state index is 0.0381. The van der Waals surface area contributed by atoms with Gasteiger partial charge in [-0.3, -0.25) is 4.79 Å². The van der Waals surface area contributed by atoms with Crippen molar-refractivity contribution in [1.82, 2.24) is 0 Å². The molecule has 0 spiro atoms. The fraction of sp³-hybridized carbons (Fsp3) is 0.0714. The average Bonchev–Trinajstić information content (AvgIpc) is 2.35. The lowest BCUT2D eigenvalue weighted by atomic mass is 10.1. The summed E-state index contributed by atoms with van der Waals surface area (Å²) in [5.74, 6) is -0.909. The molecule has 0 saturated heterocycles. The molecule has 0 aliphatic carbocycles. The van der Waals surface area contributed by atoms with E-state index >= 15 is 0 Å². The highest BCUT2D eigenvalue weighted by Crippen LogP contribution is 2.21. The molecule has 1 amide bonds. The molecule has 92 valence electrons. The van der Waals surface area contributed by atoms with Gasteiger partial charge in [0.05, 0.1) is 5.69 Å². The zero-order valence-corrected chi connectivity index (χ0v) is 9.77. The van der Waals surface area contributed by atoms with Crippen molar-refractivity contribution >= 4 is 11.6 Å². The van der Waals surface area contributed by atoms with E-state index in [0.29, 0.717) is 11.1 Å². The number of aromatic hydroxyl groups is 1. The van der Waals surface area contributed by atoms with Crippen LogP contribution in [0.2, 0.25) is 0 Å². The van der Waals surface area contributed by atoms with Crippen molar-refractivity contribution in [3.05, 3.63) is 59.4 Å². The summed E-state index contributed by atoms with van der Waals surface area (Å²) in [6, 6.07) is 10.6. The van der Waals surface area contributed by atoms with Crippen molar-refractivity contribution in [2.24, 2.45) is 0 Å². The number of amides is 1. The number of nitrogens with one attached hydrogen (secondary N) is 1. The van der Waals surface area contributed by atoms with Crippen LogP contribution in [0.4, 0.5) is 10.1 Å². The number of rotatable bonds is 2. The van der Waals surface area contributed by atoms with Crippen molar-refractivity contribution in [2.45, 2.75) is 6.92 Å². The van der Waals surface area contributed by atoms with Crippen molar-refractivity contribution in [3.63, 3.8) is 0 Å². The number of hydrogen-bond donors (Lipinski definition) is 2. The van der Waals surface area contributed by atoms with Gasteiger partial charge in [-0.25, -0.2) is 4.39 Å². The van der Waals surface area contributed by atoms with E-state index in [0.717, 1.165) is 0 Å². The maximum atomic E-state index is 13.4. The Bertz CT molecular complexity index is 596. The predicted octanol–water partition coefficient (Wildman–Crippen LogP) is 3.09. The van der Waals surface area contributed by atoms with Crippen LogP contribution in [-0.2, 0) is 0 Å². The first-order chi connectivity index (χ1) is 8.59. The van der Waals surface area contributed by atoms with Gasteiger partial charge in [0.2, 0.25) is 0 Å². The van der Waals surface area contributed by atoms with Gasteiger partial charge >= 0.3 is 0 Å². The standard InChI is InChI=1S/C14H12FNO2/c1-9-10(5-4-8-13(9)17)14(18)16-12-7-3-2-6-11(12)15/h2-8,17H,1H3,(H,16,18). The van der Waals surface area contributed by atoms with Gasteiger partial charge in [-0.1, -0.05) is 18.2 Å². The van der Waals surface area contributed by atoms with Crippen molar-refractivity contribution in [3.8, 4) is 5.75 Å². The minimum Gasteiger partial charge on any atom is -0.508 e. The first-order valence-corrected chi connectivity index (χ1v) is 5.44. The molecular formula is C14H12FNO2. The maximum absolute atomic E-state index is 13.4. The second-order valence-corrected chi connectivity index (χ2v) is 3.88. The van der Waals surface area contributed by atoms with Gasteiger partial charge in [0, 0.05) is 11.1 Å². The fourth-order valence-corrected chi connectivity index (χ4v) is 1.62. The Morgan fingerprint density at radius 2 is 1.89 bits per heavy atom. The van der Waals surface area contributed by atoms with E-state index in [1.165, 1.54) is 18.2 Å². The summed E-state index contributed by atoms with van der Waals surface area (Å²) in [4.78, 5) is 12.0. The zero-order chi connectivity index (χ0) is 13.1. The summed E-state index contributed by atoms with van der Waals surface area (Å²) in [7, 11) is 0. The van der Waals surface area contributed by atoms with Gasteiger partial charge in [0.15, 0.2) is 0 Å². The quantitative estimate of drug-likeness (QED) is 0.854.